The van der Waals surface area contributed by atoms with E-state index in [2.05, 4.69) is 0 Å². The van der Waals surface area contributed by atoms with Crippen LogP contribution in [0.15, 0.2) is 46.2 Å². The predicted octanol–water partition coefficient (Wildman–Crippen LogP) is 2.73. The van der Waals surface area contributed by atoms with Crippen molar-refractivity contribution in [3.63, 3.8) is 0 Å². The number of nitrogens with one attached hydrogen (secondary N) is 2. The second-order valence-electron chi connectivity index (χ2n) is 4.88. The van der Waals surface area contributed by atoms with E-state index in [9.17, 15) is 30.8 Å². The summed E-state index contributed by atoms with van der Waals surface area (Å²) in [5, 5.41) is 0. The molecule has 0 spiro atoms. The third-order valence-corrected chi connectivity index (χ3v) is 5.30. The van der Waals surface area contributed by atoms with Crippen molar-refractivity contribution in [3.05, 3.63) is 59.7 Å². The van der Waals surface area contributed by atoms with Gasteiger partial charge in [-0.1, -0.05) is 0 Å². The van der Waals surface area contributed by atoms with E-state index in [0.717, 1.165) is 0 Å². The van der Waals surface area contributed by atoms with Crippen molar-refractivity contribution in [1.29, 1.82) is 0 Å². The highest BCUT2D eigenvalue weighted by molar-refractivity contribution is 7.99. The van der Waals surface area contributed by atoms with E-state index in [0.29, 0.717) is 17.0 Å². The molecule has 26 heavy (non-hydrogen) atoms. The van der Waals surface area contributed by atoms with E-state index in [-0.39, 0.29) is 12.2 Å². The van der Waals surface area contributed by atoms with Crippen LogP contribution in [-0.4, -0.2) is 20.1 Å². The Balaban J connectivity index is 1.88. The quantitative estimate of drug-likeness (QED) is 0.320. The first-order valence-corrected chi connectivity index (χ1v) is 9.50. The first-order chi connectivity index (χ1) is 12.2. The number of sulfonamides is 1. The van der Waals surface area contributed by atoms with Gasteiger partial charge < -0.3 is 0 Å². The highest BCUT2D eigenvalue weighted by atomic mass is 32.2. The first kappa shape index (κ1) is 20.2. The summed E-state index contributed by atoms with van der Waals surface area (Å²) in [4.78, 5) is 12.8. The molecule has 0 aliphatic carbocycles. The van der Waals surface area contributed by atoms with E-state index in [1.54, 1.807) is 4.83 Å². The van der Waals surface area contributed by atoms with Gasteiger partial charge in [-0.05, 0) is 36.4 Å². The fourth-order valence-corrected chi connectivity index (χ4v) is 3.53. The Kier molecular flexibility index (Phi) is 6.62. The Morgan fingerprint density at radius 3 is 2.27 bits per heavy atom. The smallest absolute Gasteiger partial charge is 0.260 e. The molecular formula is C15H12F4N2O3S2. The van der Waals surface area contributed by atoms with Gasteiger partial charge in [0.15, 0.2) is 17.5 Å². The van der Waals surface area contributed by atoms with Crippen molar-refractivity contribution in [2.24, 2.45) is 0 Å². The van der Waals surface area contributed by atoms with Crippen molar-refractivity contribution in [2.45, 2.75) is 16.2 Å². The van der Waals surface area contributed by atoms with E-state index >= 15 is 0 Å². The maximum atomic E-state index is 13.5. The minimum Gasteiger partial charge on any atom is -0.278 e. The third kappa shape index (κ3) is 5.19. The van der Waals surface area contributed by atoms with Gasteiger partial charge in [0, 0.05) is 17.1 Å². The Bertz CT molecular complexity index is 906. The summed E-state index contributed by atoms with van der Waals surface area (Å²) in [5.41, 5.74) is 1.85. The molecule has 0 unspecified atom stereocenters. The minimum absolute atomic E-state index is 0.106. The molecule has 0 heterocycles. The summed E-state index contributed by atoms with van der Waals surface area (Å²) >= 11 is 1.24. The van der Waals surface area contributed by atoms with Crippen molar-refractivity contribution in [2.75, 3.05) is 5.75 Å². The molecule has 0 saturated heterocycles. The largest absolute Gasteiger partial charge is 0.278 e. The number of benzene rings is 2. The molecule has 0 radical (unpaired) electrons. The fraction of sp³-hybridized carbons (Fsp3) is 0.133. The second-order valence-corrected chi connectivity index (χ2v) is 7.70. The van der Waals surface area contributed by atoms with Gasteiger partial charge in [0.2, 0.25) is 5.91 Å². The lowest BCUT2D eigenvalue weighted by Gasteiger charge is -2.09. The highest BCUT2D eigenvalue weighted by Gasteiger charge is 2.24. The number of carbonyl (C=O) groups is 1. The Morgan fingerprint density at radius 2 is 1.62 bits per heavy atom. The fourth-order valence-electron chi connectivity index (χ4n) is 1.75. The normalized spacial score (nSPS) is 11.4. The predicted molar refractivity (Wildman–Crippen MR) is 86.5 cm³/mol. The number of hydrogen-bond acceptors (Lipinski definition) is 4. The third-order valence-electron chi connectivity index (χ3n) is 3.03. The van der Waals surface area contributed by atoms with Crippen LogP contribution in [0.25, 0.3) is 0 Å². The van der Waals surface area contributed by atoms with Crippen LogP contribution in [0, 0.1) is 23.3 Å². The summed E-state index contributed by atoms with van der Waals surface area (Å²) in [6, 6.07) is 6.54. The zero-order valence-corrected chi connectivity index (χ0v) is 14.6. The number of thioether (sulfide) groups is 1. The molecule has 2 aromatic rings. The zero-order chi connectivity index (χ0) is 19.3. The summed E-state index contributed by atoms with van der Waals surface area (Å²) in [7, 11) is -4.62. The summed E-state index contributed by atoms with van der Waals surface area (Å²) in [6.45, 7) is 0. The summed E-state index contributed by atoms with van der Waals surface area (Å²) in [6.07, 6.45) is -0.106. The molecule has 2 rings (SSSR count). The zero-order valence-electron chi connectivity index (χ0n) is 12.9. The number of hydrogen-bond donors (Lipinski definition) is 2. The number of halogens is 4. The first-order valence-electron chi connectivity index (χ1n) is 7.03. The Morgan fingerprint density at radius 1 is 0.962 bits per heavy atom. The van der Waals surface area contributed by atoms with Crippen LogP contribution in [-0.2, 0) is 14.8 Å². The topological polar surface area (TPSA) is 75.3 Å². The van der Waals surface area contributed by atoms with Gasteiger partial charge in [0.25, 0.3) is 10.0 Å². The van der Waals surface area contributed by atoms with Crippen LogP contribution in [0.3, 0.4) is 0 Å². The standard InChI is InChI=1S/C15H12F4N2O3S2/c16-9-1-3-10(4-2-9)25-8-7-13(22)20-21-26(23,24)12-6-5-11(17)14(18)15(12)19/h1-6,21H,7-8H2,(H,20,22). The molecule has 0 aliphatic heterocycles. The molecule has 0 atom stereocenters. The Labute approximate surface area is 150 Å². The van der Waals surface area contributed by atoms with Crippen molar-refractivity contribution in [1.82, 2.24) is 10.3 Å². The van der Waals surface area contributed by atoms with Gasteiger partial charge in [0.05, 0.1) is 0 Å². The van der Waals surface area contributed by atoms with Crippen LogP contribution in [0.2, 0.25) is 0 Å². The van der Waals surface area contributed by atoms with E-state index < -0.39 is 44.1 Å². The molecule has 2 aromatic carbocycles. The summed E-state index contributed by atoms with van der Waals surface area (Å²) in [5.74, 6) is -6.23. The highest BCUT2D eigenvalue weighted by Crippen LogP contribution is 2.20. The van der Waals surface area contributed by atoms with Crippen LogP contribution in [0.5, 0.6) is 0 Å². The monoisotopic (exact) mass is 408 g/mol. The van der Waals surface area contributed by atoms with E-state index in [1.807, 2.05) is 5.43 Å². The van der Waals surface area contributed by atoms with Crippen molar-refractivity contribution < 1.29 is 30.8 Å². The molecule has 140 valence electrons. The van der Waals surface area contributed by atoms with Gasteiger partial charge in [-0.25, -0.2) is 26.0 Å². The van der Waals surface area contributed by atoms with Gasteiger partial charge in [0.1, 0.15) is 10.7 Å². The molecule has 5 nitrogen and oxygen atoms in total. The minimum atomic E-state index is -4.62. The average molecular weight is 408 g/mol. The molecule has 0 bridgehead atoms. The Hall–Kier alpha value is -2.11. The van der Waals surface area contributed by atoms with Crippen LogP contribution in [0.1, 0.15) is 6.42 Å². The van der Waals surface area contributed by atoms with Crippen LogP contribution < -0.4 is 10.3 Å². The molecule has 2 N–H and O–H groups in total. The average Bonchev–Trinajstić information content (AvgIpc) is 2.59. The summed E-state index contributed by atoms with van der Waals surface area (Å²) < 4.78 is 75.9. The molecular weight excluding hydrogens is 396 g/mol. The van der Waals surface area contributed by atoms with Gasteiger partial charge in [-0.2, -0.15) is 0 Å². The van der Waals surface area contributed by atoms with Gasteiger partial charge in [-0.3, -0.25) is 10.2 Å². The molecule has 0 fully saturated rings. The second kappa shape index (κ2) is 8.52. The molecule has 11 heteroatoms. The van der Waals surface area contributed by atoms with Gasteiger partial charge >= 0.3 is 0 Å². The molecule has 0 saturated carbocycles. The van der Waals surface area contributed by atoms with E-state index in [1.165, 1.54) is 36.0 Å². The van der Waals surface area contributed by atoms with Gasteiger partial charge in [-0.15, -0.1) is 16.6 Å². The SMILES string of the molecule is O=C(CCSc1ccc(F)cc1)NNS(=O)(=O)c1ccc(F)c(F)c1F. The molecule has 0 aliphatic rings. The number of carbonyl (C=O) groups excluding carboxylic acids is 1. The maximum absolute atomic E-state index is 13.5. The number of amides is 1. The lowest BCUT2D eigenvalue weighted by atomic mass is 10.3. The lowest BCUT2D eigenvalue weighted by Crippen LogP contribution is -2.42. The van der Waals surface area contributed by atoms with Crippen LogP contribution in [0.4, 0.5) is 17.6 Å². The van der Waals surface area contributed by atoms with Crippen molar-refractivity contribution >= 4 is 27.7 Å². The molecule has 0 aromatic heterocycles. The van der Waals surface area contributed by atoms with Crippen molar-refractivity contribution in [3.8, 4) is 0 Å². The maximum Gasteiger partial charge on any atom is 0.260 e. The van der Waals surface area contributed by atoms with Crippen LogP contribution >= 0.6 is 11.8 Å². The number of rotatable bonds is 7. The molecule has 1 amide bonds. The lowest BCUT2D eigenvalue weighted by molar-refractivity contribution is -0.121. The number of hydrazine groups is 1. The van der Waals surface area contributed by atoms with E-state index in [4.69, 9.17) is 0 Å².